The van der Waals surface area contributed by atoms with Gasteiger partial charge in [0.15, 0.2) is 9.54 Å². The highest BCUT2D eigenvalue weighted by Crippen LogP contribution is 2.11. The average Bonchev–Trinajstić information content (AvgIpc) is 2.83. The molecule has 2 aromatic rings. The van der Waals surface area contributed by atoms with Gasteiger partial charge in [0.2, 0.25) is 0 Å². The SMILES string of the molecule is CN(O)C(=O)NNC(=O)c1cccc(-n2c(=S)[nH][nH]c2=S)c1. The van der Waals surface area contributed by atoms with Crippen LogP contribution in [0.25, 0.3) is 5.69 Å². The number of H-pyrrole nitrogens is 2. The number of hydroxylamine groups is 2. The van der Waals surface area contributed by atoms with Gasteiger partial charge in [-0.25, -0.2) is 15.3 Å². The van der Waals surface area contributed by atoms with Gasteiger partial charge >= 0.3 is 6.03 Å². The quantitative estimate of drug-likeness (QED) is 0.320. The number of nitrogens with zero attached hydrogens (tertiary/aromatic N) is 2. The molecule has 0 unspecified atom stereocenters. The summed E-state index contributed by atoms with van der Waals surface area (Å²) in [5.74, 6) is -0.561. The van der Waals surface area contributed by atoms with Gasteiger partial charge in [0.1, 0.15) is 0 Å². The van der Waals surface area contributed by atoms with Gasteiger partial charge in [0.25, 0.3) is 5.91 Å². The topological polar surface area (TPSA) is 118 Å². The largest absolute Gasteiger partial charge is 0.359 e. The fourth-order valence-electron chi connectivity index (χ4n) is 1.60. The molecule has 0 atom stereocenters. The summed E-state index contributed by atoms with van der Waals surface area (Å²) in [5, 5.41) is 14.6. The zero-order chi connectivity index (χ0) is 16.3. The van der Waals surface area contributed by atoms with Crippen LogP contribution in [0, 0.1) is 9.54 Å². The number of carbonyl (C=O) groups excluding carboxylic acids is 2. The minimum atomic E-state index is -0.875. The second kappa shape index (κ2) is 6.51. The van der Waals surface area contributed by atoms with E-state index in [0.29, 0.717) is 20.3 Å². The third kappa shape index (κ3) is 3.39. The lowest BCUT2D eigenvalue weighted by atomic mass is 10.2. The predicted octanol–water partition coefficient (Wildman–Crippen LogP) is 1.27. The van der Waals surface area contributed by atoms with Crippen LogP contribution < -0.4 is 10.9 Å². The molecule has 0 radical (unpaired) electrons. The van der Waals surface area contributed by atoms with Crippen LogP contribution in [-0.2, 0) is 0 Å². The number of aromatic amines is 2. The van der Waals surface area contributed by atoms with E-state index in [9.17, 15) is 9.59 Å². The number of hydrogen-bond acceptors (Lipinski definition) is 5. The molecule has 0 fully saturated rings. The molecule has 0 aliphatic carbocycles. The summed E-state index contributed by atoms with van der Waals surface area (Å²) in [5.41, 5.74) is 5.06. The number of hydrogen-bond donors (Lipinski definition) is 5. The number of amides is 3. The lowest BCUT2D eigenvalue weighted by Crippen LogP contribution is -2.46. The molecule has 22 heavy (non-hydrogen) atoms. The molecular weight excluding hydrogens is 328 g/mol. The zero-order valence-corrected chi connectivity index (χ0v) is 12.9. The normalized spacial score (nSPS) is 10.1. The van der Waals surface area contributed by atoms with E-state index in [1.165, 1.54) is 0 Å². The first-order valence-electron chi connectivity index (χ1n) is 5.93. The van der Waals surface area contributed by atoms with E-state index in [0.717, 1.165) is 7.05 Å². The monoisotopic (exact) mass is 340 g/mol. The van der Waals surface area contributed by atoms with Gasteiger partial charge in [0, 0.05) is 12.6 Å². The molecule has 1 aromatic carbocycles. The van der Waals surface area contributed by atoms with Crippen LogP contribution in [-0.4, -0.2) is 44.0 Å². The summed E-state index contributed by atoms with van der Waals surface area (Å²) in [6.45, 7) is 0. The Morgan fingerprint density at radius 2 is 1.86 bits per heavy atom. The van der Waals surface area contributed by atoms with E-state index in [1.807, 2.05) is 5.43 Å². The highest BCUT2D eigenvalue weighted by atomic mass is 32.1. The molecule has 0 aliphatic rings. The molecule has 0 spiro atoms. The van der Waals surface area contributed by atoms with Crippen LogP contribution in [0.1, 0.15) is 10.4 Å². The van der Waals surface area contributed by atoms with E-state index in [4.69, 9.17) is 29.6 Å². The molecule has 0 bridgehead atoms. The molecule has 11 heteroatoms. The third-order valence-electron chi connectivity index (χ3n) is 2.63. The number of rotatable bonds is 2. The maximum atomic E-state index is 12.0. The van der Waals surface area contributed by atoms with Crippen LogP contribution in [0.15, 0.2) is 24.3 Å². The molecule has 1 aromatic heterocycles. The van der Waals surface area contributed by atoms with Gasteiger partial charge < -0.3 is 0 Å². The first-order valence-corrected chi connectivity index (χ1v) is 6.75. The van der Waals surface area contributed by atoms with Gasteiger partial charge in [0.05, 0.1) is 5.69 Å². The smallest absolute Gasteiger partial charge is 0.285 e. The van der Waals surface area contributed by atoms with E-state index < -0.39 is 11.9 Å². The lowest BCUT2D eigenvalue weighted by Gasteiger charge is -2.11. The Morgan fingerprint density at radius 1 is 1.23 bits per heavy atom. The van der Waals surface area contributed by atoms with Gasteiger partial charge in [-0.05, 0) is 42.6 Å². The van der Waals surface area contributed by atoms with Gasteiger partial charge in [-0.15, -0.1) is 0 Å². The van der Waals surface area contributed by atoms with Crippen LogP contribution in [0.4, 0.5) is 4.79 Å². The number of urea groups is 1. The molecule has 0 saturated heterocycles. The Morgan fingerprint density at radius 3 is 2.45 bits per heavy atom. The molecule has 2 rings (SSSR count). The van der Waals surface area contributed by atoms with Crippen molar-refractivity contribution in [2.24, 2.45) is 0 Å². The minimum Gasteiger partial charge on any atom is -0.285 e. The second-order valence-electron chi connectivity index (χ2n) is 4.15. The Kier molecular flexibility index (Phi) is 4.70. The summed E-state index contributed by atoms with van der Waals surface area (Å²) in [4.78, 5) is 23.1. The highest BCUT2D eigenvalue weighted by molar-refractivity contribution is 7.72. The molecule has 116 valence electrons. The van der Waals surface area contributed by atoms with Crippen molar-refractivity contribution in [3.05, 3.63) is 39.4 Å². The summed E-state index contributed by atoms with van der Waals surface area (Å²) in [6.07, 6.45) is 0. The summed E-state index contributed by atoms with van der Waals surface area (Å²) in [6, 6.07) is 5.60. The zero-order valence-electron chi connectivity index (χ0n) is 11.3. The van der Waals surface area contributed by atoms with Crippen LogP contribution in [0.2, 0.25) is 0 Å². The summed E-state index contributed by atoms with van der Waals surface area (Å²) < 4.78 is 2.26. The summed E-state index contributed by atoms with van der Waals surface area (Å²) >= 11 is 10.2. The standard InChI is InChI=1S/C11H12N6O3S2/c1-16(20)9(19)13-12-8(18)6-3-2-4-7(5-6)17-10(21)14-15-11(17)22/h2-5,20H,1H3,(H,12,18)(H,13,19)(H,14,21)(H,15,22). The Hall–Kier alpha value is -2.50. The number of hydrazine groups is 1. The average molecular weight is 340 g/mol. The first kappa shape index (κ1) is 15.9. The van der Waals surface area contributed by atoms with Crippen LogP contribution in [0.3, 0.4) is 0 Å². The van der Waals surface area contributed by atoms with Crippen molar-refractivity contribution < 1.29 is 14.8 Å². The molecule has 3 amide bonds. The van der Waals surface area contributed by atoms with Crippen LogP contribution >= 0.6 is 24.4 Å². The van der Waals surface area contributed by atoms with Gasteiger partial charge in [-0.3, -0.25) is 30.2 Å². The van der Waals surface area contributed by atoms with Gasteiger partial charge in [-0.1, -0.05) is 6.07 Å². The highest BCUT2D eigenvalue weighted by Gasteiger charge is 2.10. The Labute approximate surface area is 134 Å². The second-order valence-corrected chi connectivity index (χ2v) is 4.93. The van der Waals surface area contributed by atoms with Crippen molar-refractivity contribution in [3.8, 4) is 5.69 Å². The van der Waals surface area contributed by atoms with E-state index in [2.05, 4.69) is 15.6 Å². The predicted molar refractivity (Wildman–Crippen MR) is 81.7 cm³/mol. The van der Waals surface area contributed by atoms with Crippen molar-refractivity contribution in [3.63, 3.8) is 0 Å². The maximum Gasteiger partial charge on any atom is 0.359 e. The fraction of sp³-hybridized carbons (Fsp3) is 0.0909. The molecule has 0 saturated carbocycles. The number of aromatic nitrogens is 3. The van der Waals surface area contributed by atoms with Crippen molar-refractivity contribution in [1.29, 1.82) is 0 Å². The molecule has 0 aliphatic heterocycles. The fourth-order valence-corrected chi connectivity index (χ4v) is 2.15. The van der Waals surface area contributed by atoms with Crippen molar-refractivity contribution in [2.45, 2.75) is 0 Å². The van der Waals surface area contributed by atoms with Crippen LogP contribution in [0.5, 0.6) is 0 Å². The van der Waals surface area contributed by atoms with Crippen molar-refractivity contribution in [1.82, 2.24) is 30.7 Å². The number of nitrogens with one attached hydrogen (secondary N) is 4. The molecule has 5 N–H and O–H groups in total. The number of carbonyl (C=O) groups is 2. The van der Waals surface area contributed by atoms with E-state index in [-0.39, 0.29) is 5.56 Å². The van der Waals surface area contributed by atoms with Crippen molar-refractivity contribution in [2.75, 3.05) is 7.05 Å². The number of benzene rings is 1. The maximum absolute atomic E-state index is 12.0. The Balaban J connectivity index is 2.22. The van der Waals surface area contributed by atoms with E-state index in [1.54, 1.807) is 28.8 Å². The third-order valence-corrected chi connectivity index (χ3v) is 3.20. The summed E-state index contributed by atoms with van der Waals surface area (Å²) in [7, 11) is 1.12. The first-order chi connectivity index (χ1) is 10.4. The molecule has 1 heterocycles. The Bertz CT molecular complexity index is 794. The lowest BCUT2D eigenvalue weighted by molar-refractivity contribution is -0.0194. The van der Waals surface area contributed by atoms with Crippen molar-refractivity contribution >= 4 is 36.4 Å². The van der Waals surface area contributed by atoms with Gasteiger partial charge in [-0.2, -0.15) is 0 Å². The molecule has 9 nitrogen and oxygen atoms in total. The minimum absolute atomic E-state index is 0.274. The molecular formula is C11H12N6O3S2. The van der Waals surface area contributed by atoms with E-state index >= 15 is 0 Å².